The molecule has 0 spiro atoms. The highest BCUT2D eigenvalue weighted by Gasteiger charge is 2.27. The number of amides is 1. The van der Waals surface area contributed by atoms with Crippen LogP contribution < -0.4 is 5.32 Å². The Morgan fingerprint density at radius 3 is 2.51 bits per heavy atom. The summed E-state index contributed by atoms with van der Waals surface area (Å²) in [6.45, 7) is 9.85. The monoisotopic (exact) mass is 548 g/mol. The van der Waals surface area contributed by atoms with Gasteiger partial charge in [0.1, 0.15) is 15.7 Å². The maximum atomic E-state index is 12.9. The fourth-order valence-electron chi connectivity index (χ4n) is 4.47. The number of aromatic nitrogens is 3. The summed E-state index contributed by atoms with van der Waals surface area (Å²) in [5, 5.41) is 12.4. The van der Waals surface area contributed by atoms with Crippen molar-refractivity contribution >= 4 is 45.9 Å². The van der Waals surface area contributed by atoms with Gasteiger partial charge in [0.2, 0.25) is 5.91 Å². The summed E-state index contributed by atoms with van der Waals surface area (Å²) in [5.41, 5.74) is 0.603. The van der Waals surface area contributed by atoms with Crippen LogP contribution in [0.1, 0.15) is 83.8 Å². The third-order valence-corrected chi connectivity index (χ3v) is 8.43. The Morgan fingerprint density at radius 2 is 1.84 bits per heavy atom. The van der Waals surface area contributed by atoms with E-state index in [1.165, 1.54) is 43.9 Å². The molecule has 0 unspecified atom stereocenters. The summed E-state index contributed by atoms with van der Waals surface area (Å²) in [6.07, 6.45) is 10.3. The minimum atomic E-state index is -0.594. The third kappa shape index (κ3) is 7.67. The van der Waals surface area contributed by atoms with E-state index in [0.29, 0.717) is 17.3 Å². The lowest BCUT2D eigenvalue weighted by Crippen LogP contribution is -2.17. The molecule has 0 atom stereocenters. The zero-order valence-electron chi connectivity index (χ0n) is 21.8. The molecule has 11 heteroatoms. The first kappa shape index (κ1) is 28.9. The molecule has 0 aliphatic heterocycles. The lowest BCUT2D eigenvalue weighted by Gasteiger charge is -2.21. The first-order valence-electron chi connectivity index (χ1n) is 12.8. The summed E-state index contributed by atoms with van der Waals surface area (Å²) in [6, 6.07) is 0. The van der Waals surface area contributed by atoms with E-state index in [1.807, 2.05) is 4.57 Å². The van der Waals surface area contributed by atoms with E-state index in [9.17, 15) is 14.4 Å². The topological polar surface area (TPSA) is 112 Å². The van der Waals surface area contributed by atoms with Gasteiger partial charge in [0.05, 0.1) is 24.5 Å². The number of carbonyl (C=O) groups excluding carboxylic acids is 3. The van der Waals surface area contributed by atoms with Crippen LogP contribution in [-0.4, -0.2) is 51.6 Å². The minimum absolute atomic E-state index is 0.0614. The number of esters is 2. The number of ether oxygens (including phenoxy) is 2. The van der Waals surface area contributed by atoms with Crippen molar-refractivity contribution in [3.05, 3.63) is 34.5 Å². The number of nitrogens with zero attached hydrogens (tertiary/aromatic N) is 3. The van der Waals surface area contributed by atoms with Crippen LogP contribution in [0.25, 0.3) is 0 Å². The molecule has 2 aromatic rings. The second-order valence-corrected chi connectivity index (χ2v) is 10.8. The zero-order valence-corrected chi connectivity index (χ0v) is 23.5. The SMILES string of the molecule is C=CCn1c(CCC2CCCCC2)nnc1SCC(=O)Nc1sc(C(=O)OCC)c(C)c1C(=O)OCC. The number of allylic oxidation sites excluding steroid dienone is 1. The van der Waals surface area contributed by atoms with Crippen LogP contribution in [0, 0.1) is 12.8 Å². The smallest absolute Gasteiger partial charge is 0.348 e. The Balaban J connectivity index is 1.68. The highest BCUT2D eigenvalue weighted by Crippen LogP contribution is 2.35. The summed E-state index contributed by atoms with van der Waals surface area (Å²) >= 11 is 2.28. The van der Waals surface area contributed by atoms with E-state index < -0.39 is 11.9 Å². The molecule has 9 nitrogen and oxygen atoms in total. The molecule has 1 saturated carbocycles. The largest absolute Gasteiger partial charge is 0.462 e. The number of anilines is 1. The molecule has 1 fully saturated rings. The molecule has 202 valence electrons. The van der Waals surface area contributed by atoms with E-state index >= 15 is 0 Å². The molecule has 2 heterocycles. The Bertz CT molecular complexity index is 1100. The lowest BCUT2D eigenvalue weighted by molar-refractivity contribution is -0.113. The number of hydrogen-bond acceptors (Lipinski definition) is 9. The van der Waals surface area contributed by atoms with Crippen molar-refractivity contribution in [2.75, 3.05) is 24.3 Å². The predicted molar refractivity (Wildman–Crippen MR) is 145 cm³/mol. The zero-order chi connectivity index (χ0) is 26.8. The van der Waals surface area contributed by atoms with E-state index in [2.05, 4.69) is 22.1 Å². The number of rotatable bonds is 13. The third-order valence-electron chi connectivity index (χ3n) is 6.28. The Kier molecular flexibility index (Phi) is 11.2. The summed E-state index contributed by atoms with van der Waals surface area (Å²) in [5.74, 6) is 0.250. The number of thioether (sulfide) groups is 1. The molecule has 0 radical (unpaired) electrons. The quantitative estimate of drug-likeness (QED) is 0.200. The molecule has 1 aliphatic rings. The van der Waals surface area contributed by atoms with Crippen molar-refractivity contribution in [3.63, 3.8) is 0 Å². The molecular weight excluding hydrogens is 512 g/mol. The summed E-state index contributed by atoms with van der Waals surface area (Å²) in [4.78, 5) is 38.1. The van der Waals surface area contributed by atoms with Gasteiger partial charge in [0, 0.05) is 13.0 Å². The number of aryl methyl sites for hydroxylation is 1. The number of carbonyl (C=O) groups is 3. The summed E-state index contributed by atoms with van der Waals surface area (Å²) in [7, 11) is 0. The van der Waals surface area contributed by atoms with Crippen LogP contribution in [-0.2, 0) is 27.2 Å². The van der Waals surface area contributed by atoms with Crippen molar-refractivity contribution in [3.8, 4) is 0 Å². The molecule has 0 aromatic carbocycles. The van der Waals surface area contributed by atoms with Crippen molar-refractivity contribution in [1.29, 1.82) is 0 Å². The molecular formula is C26H36N4O5S2. The van der Waals surface area contributed by atoms with Crippen LogP contribution in [0.4, 0.5) is 5.00 Å². The molecule has 1 amide bonds. The van der Waals surface area contributed by atoms with Crippen LogP contribution in [0.3, 0.4) is 0 Å². The number of hydrogen-bond donors (Lipinski definition) is 1. The predicted octanol–water partition coefficient (Wildman–Crippen LogP) is 5.43. The van der Waals surface area contributed by atoms with E-state index in [-0.39, 0.29) is 40.3 Å². The molecule has 1 N–H and O–H groups in total. The maximum Gasteiger partial charge on any atom is 0.348 e. The van der Waals surface area contributed by atoms with E-state index in [1.54, 1.807) is 26.8 Å². The van der Waals surface area contributed by atoms with E-state index in [0.717, 1.165) is 35.9 Å². The standard InChI is InChI=1S/C26H36N4O5S2/c1-5-15-30-19(14-13-18-11-9-8-10-12-18)28-29-26(30)36-16-20(31)27-23-21(24(32)34-6-2)17(4)22(37-23)25(33)35-7-3/h5,18H,1,6-16H2,2-4H3,(H,27,31). The fourth-order valence-corrected chi connectivity index (χ4v) is 6.34. The van der Waals surface area contributed by atoms with Crippen molar-refractivity contribution in [1.82, 2.24) is 14.8 Å². The highest BCUT2D eigenvalue weighted by molar-refractivity contribution is 7.99. The Labute approximate surface area is 226 Å². The minimum Gasteiger partial charge on any atom is -0.462 e. The molecule has 0 saturated heterocycles. The van der Waals surface area contributed by atoms with Gasteiger partial charge in [-0.15, -0.1) is 28.1 Å². The molecule has 1 aliphatic carbocycles. The van der Waals surface area contributed by atoms with Gasteiger partial charge in [-0.05, 0) is 38.7 Å². The Hall–Kier alpha value is -2.66. The van der Waals surface area contributed by atoms with Gasteiger partial charge in [-0.25, -0.2) is 9.59 Å². The van der Waals surface area contributed by atoms with Gasteiger partial charge in [0.25, 0.3) is 0 Å². The summed E-state index contributed by atoms with van der Waals surface area (Å²) < 4.78 is 12.3. The second kappa shape index (κ2) is 14.3. The Morgan fingerprint density at radius 1 is 1.14 bits per heavy atom. The maximum absolute atomic E-state index is 12.9. The first-order valence-corrected chi connectivity index (χ1v) is 14.6. The van der Waals surface area contributed by atoms with Crippen LogP contribution in [0.5, 0.6) is 0 Å². The van der Waals surface area contributed by atoms with E-state index in [4.69, 9.17) is 9.47 Å². The van der Waals surface area contributed by atoms with Gasteiger partial charge >= 0.3 is 11.9 Å². The van der Waals surface area contributed by atoms with Crippen molar-refractivity contribution in [2.45, 2.75) is 77.4 Å². The normalized spacial score (nSPS) is 13.8. The van der Waals surface area contributed by atoms with Gasteiger partial charge in [-0.1, -0.05) is 49.9 Å². The van der Waals surface area contributed by atoms with Crippen LogP contribution in [0.2, 0.25) is 0 Å². The molecule has 2 aromatic heterocycles. The number of nitrogens with one attached hydrogen (secondary N) is 1. The molecule has 3 rings (SSSR count). The van der Waals surface area contributed by atoms with Gasteiger partial charge in [0.15, 0.2) is 5.16 Å². The van der Waals surface area contributed by atoms with Gasteiger partial charge in [-0.3, -0.25) is 4.79 Å². The highest BCUT2D eigenvalue weighted by atomic mass is 32.2. The molecule has 37 heavy (non-hydrogen) atoms. The fraction of sp³-hybridized carbons (Fsp3) is 0.577. The van der Waals surface area contributed by atoms with Gasteiger partial charge < -0.3 is 19.4 Å². The second-order valence-electron chi connectivity index (χ2n) is 8.88. The number of thiophene rings is 1. The average Bonchev–Trinajstić information content (AvgIpc) is 3.42. The lowest BCUT2D eigenvalue weighted by atomic mass is 9.86. The average molecular weight is 549 g/mol. The van der Waals surface area contributed by atoms with Crippen molar-refractivity contribution in [2.24, 2.45) is 5.92 Å². The molecule has 0 bridgehead atoms. The van der Waals surface area contributed by atoms with Gasteiger partial charge in [-0.2, -0.15) is 0 Å². The van der Waals surface area contributed by atoms with Crippen LogP contribution in [0.15, 0.2) is 17.8 Å². The van der Waals surface area contributed by atoms with Crippen molar-refractivity contribution < 1.29 is 23.9 Å². The first-order chi connectivity index (χ1) is 17.9. The van der Waals surface area contributed by atoms with Crippen LogP contribution >= 0.6 is 23.1 Å².